The lowest BCUT2D eigenvalue weighted by molar-refractivity contribution is -0.386. The van der Waals surface area contributed by atoms with Gasteiger partial charge in [-0.3, -0.25) is 10.1 Å². The number of rotatable bonds is 5. The Balaban J connectivity index is 3.37. The van der Waals surface area contributed by atoms with Crippen molar-refractivity contribution in [3.05, 3.63) is 27.8 Å². The molecule has 1 aromatic rings. The van der Waals surface area contributed by atoms with Crippen molar-refractivity contribution in [2.45, 2.75) is 6.61 Å². The first kappa shape index (κ1) is 12.5. The second-order valence-electron chi connectivity index (χ2n) is 3.00. The molecule has 0 radical (unpaired) electrons. The van der Waals surface area contributed by atoms with E-state index >= 15 is 0 Å². The predicted molar refractivity (Wildman–Crippen MR) is 60.9 cm³/mol. The van der Waals surface area contributed by atoms with E-state index < -0.39 is 4.92 Å². The van der Waals surface area contributed by atoms with Crippen LogP contribution in [0.15, 0.2) is 12.1 Å². The minimum Gasteiger partial charge on any atom is -0.493 e. The molecular formula is C9H13NO5Si. The number of ether oxygens (including phenoxy) is 2. The summed E-state index contributed by atoms with van der Waals surface area (Å²) in [4.78, 5) is 10.5. The zero-order chi connectivity index (χ0) is 12.1. The van der Waals surface area contributed by atoms with E-state index in [0.29, 0.717) is 21.8 Å². The SMILES string of the molecule is COc1ccc(CO[SiH3])c([N+](=O)[O-])c1OC. The van der Waals surface area contributed by atoms with Gasteiger partial charge in [-0.1, -0.05) is 0 Å². The zero-order valence-corrected chi connectivity index (χ0v) is 11.4. The van der Waals surface area contributed by atoms with Crippen LogP contribution in [0.3, 0.4) is 0 Å². The summed E-state index contributed by atoms with van der Waals surface area (Å²) in [5, 5.41) is 11.0. The Bertz CT molecular complexity index is 396. The highest BCUT2D eigenvalue weighted by Crippen LogP contribution is 2.39. The van der Waals surface area contributed by atoms with E-state index in [-0.39, 0.29) is 18.0 Å². The molecule has 0 N–H and O–H groups in total. The third-order valence-corrected chi connectivity index (χ3v) is 2.37. The lowest BCUT2D eigenvalue weighted by Gasteiger charge is -2.10. The van der Waals surface area contributed by atoms with Gasteiger partial charge in [0.1, 0.15) is 10.5 Å². The van der Waals surface area contributed by atoms with Crippen molar-refractivity contribution in [2.24, 2.45) is 0 Å². The third kappa shape index (κ3) is 2.31. The fourth-order valence-corrected chi connectivity index (χ4v) is 1.73. The van der Waals surface area contributed by atoms with Crippen LogP contribution in [0.2, 0.25) is 0 Å². The van der Waals surface area contributed by atoms with Crippen molar-refractivity contribution in [3.63, 3.8) is 0 Å². The molecule has 0 bridgehead atoms. The first-order chi connectivity index (χ1) is 7.65. The molecule has 0 spiro atoms. The Morgan fingerprint density at radius 2 is 2.06 bits per heavy atom. The average Bonchev–Trinajstić information content (AvgIpc) is 2.28. The summed E-state index contributed by atoms with van der Waals surface area (Å²) in [5.74, 6) is 0.468. The molecule has 0 atom stereocenters. The van der Waals surface area contributed by atoms with Crippen LogP contribution in [-0.2, 0) is 11.0 Å². The molecule has 16 heavy (non-hydrogen) atoms. The molecular weight excluding hydrogens is 230 g/mol. The molecule has 6 nitrogen and oxygen atoms in total. The molecule has 0 unspecified atom stereocenters. The van der Waals surface area contributed by atoms with Gasteiger partial charge in [0.2, 0.25) is 5.75 Å². The summed E-state index contributed by atoms with van der Waals surface area (Å²) >= 11 is 0. The molecule has 0 saturated carbocycles. The van der Waals surface area contributed by atoms with Crippen molar-refractivity contribution < 1.29 is 18.8 Å². The summed E-state index contributed by atoms with van der Waals surface area (Å²) in [7, 11) is 3.33. The Morgan fingerprint density at radius 1 is 1.38 bits per heavy atom. The fraction of sp³-hybridized carbons (Fsp3) is 0.333. The normalized spacial score (nSPS) is 10.1. The standard InChI is InChI=1S/C9H13NO5Si/c1-13-7-4-3-6(5-15-16)8(10(11)12)9(7)14-2/h3-4H,5H2,1-2,16H3. The van der Waals surface area contributed by atoms with E-state index in [1.165, 1.54) is 14.2 Å². The van der Waals surface area contributed by atoms with Crippen LogP contribution in [0.1, 0.15) is 5.56 Å². The molecule has 0 aromatic heterocycles. The van der Waals surface area contributed by atoms with Gasteiger partial charge in [0.05, 0.1) is 31.3 Å². The lowest BCUT2D eigenvalue weighted by atomic mass is 10.1. The van der Waals surface area contributed by atoms with Crippen LogP contribution < -0.4 is 9.47 Å². The van der Waals surface area contributed by atoms with Crippen molar-refractivity contribution in [3.8, 4) is 11.5 Å². The van der Waals surface area contributed by atoms with Crippen LogP contribution in [0.4, 0.5) is 5.69 Å². The smallest absolute Gasteiger partial charge is 0.320 e. The van der Waals surface area contributed by atoms with Gasteiger partial charge in [0.15, 0.2) is 5.75 Å². The third-order valence-electron chi connectivity index (χ3n) is 2.09. The fourth-order valence-electron chi connectivity index (χ4n) is 1.42. The molecule has 88 valence electrons. The van der Waals surface area contributed by atoms with Crippen molar-refractivity contribution >= 4 is 16.2 Å². The van der Waals surface area contributed by atoms with E-state index in [4.69, 9.17) is 13.9 Å². The van der Waals surface area contributed by atoms with E-state index in [0.717, 1.165) is 0 Å². The maximum atomic E-state index is 11.0. The van der Waals surface area contributed by atoms with Gasteiger partial charge in [-0.05, 0) is 12.1 Å². The minimum absolute atomic E-state index is 0.0994. The summed E-state index contributed by atoms with van der Waals surface area (Å²) < 4.78 is 15.0. The minimum atomic E-state index is -0.489. The quantitative estimate of drug-likeness (QED) is 0.425. The van der Waals surface area contributed by atoms with Gasteiger partial charge in [0.25, 0.3) is 0 Å². The maximum absolute atomic E-state index is 11.0. The molecule has 0 aliphatic carbocycles. The number of benzene rings is 1. The van der Waals surface area contributed by atoms with Gasteiger partial charge < -0.3 is 13.9 Å². The van der Waals surface area contributed by atoms with Gasteiger partial charge in [-0.2, -0.15) is 0 Å². The molecule has 0 amide bonds. The summed E-state index contributed by atoms with van der Waals surface area (Å²) in [5.41, 5.74) is 0.385. The molecule has 1 rings (SSSR count). The van der Waals surface area contributed by atoms with Crippen LogP contribution in [0.5, 0.6) is 11.5 Å². The largest absolute Gasteiger partial charge is 0.493 e. The average molecular weight is 243 g/mol. The van der Waals surface area contributed by atoms with Gasteiger partial charge in [-0.15, -0.1) is 0 Å². The highest BCUT2D eigenvalue weighted by Gasteiger charge is 2.24. The second kappa shape index (κ2) is 5.47. The Morgan fingerprint density at radius 3 is 2.50 bits per heavy atom. The predicted octanol–water partition coefficient (Wildman–Crippen LogP) is 0.409. The van der Waals surface area contributed by atoms with Gasteiger partial charge in [0, 0.05) is 0 Å². The van der Waals surface area contributed by atoms with Crippen molar-refractivity contribution in [1.82, 2.24) is 0 Å². The zero-order valence-electron chi connectivity index (χ0n) is 9.35. The van der Waals surface area contributed by atoms with E-state index in [2.05, 4.69) is 0 Å². The van der Waals surface area contributed by atoms with Crippen molar-refractivity contribution in [2.75, 3.05) is 14.2 Å². The van der Waals surface area contributed by atoms with Gasteiger partial charge in [-0.25, -0.2) is 0 Å². The summed E-state index contributed by atoms with van der Waals surface area (Å²) in [6.07, 6.45) is 0. The highest BCUT2D eigenvalue weighted by atomic mass is 28.2. The number of methoxy groups -OCH3 is 2. The molecule has 0 aliphatic heterocycles. The molecule has 0 aliphatic rings. The Kier molecular flexibility index (Phi) is 4.26. The van der Waals surface area contributed by atoms with E-state index in [1.807, 2.05) is 0 Å². The number of hydrogen-bond acceptors (Lipinski definition) is 5. The topological polar surface area (TPSA) is 70.8 Å². The Labute approximate surface area is 95.8 Å². The number of nitro benzene ring substituents is 1. The van der Waals surface area contributed by atoms with Crippen LogP contribution in [0, 0.1) is 10.1 Å². The molecule has 0 heterocycles. The summed E-state index contributed by atoms with van der Waals surface area (Å²) in [6, 6.07) is 3.24. The van der Waals surface area contributed by atoms with Crippen LogP contribution in [0.25, 0.3) is 0 Å². The number of nitrogens with zero attached hydrogens (tertiary/aromatic N) is 1. The molecule has 0 saturated heterocycles. The monoisotopic (exact) mass is 243 g/mol. The van der Waals surface area contributed by atoms with Crippen LogP contribution in [-0.4, -0.2) is 29.6 Å². The number of nitro groups is 1. The van der Waals surface area contributed by atoms with Crippen LogP contribution >= 0.6 is 0 Å². The molecule has 7 heteroatoms. The first-order valence-electron chi connectivity index (χ1n) is 4.52. The maximum Gasteiger partial charge on any atom is 0.320 e. The highest BCUT2D eigenvalue weighted by molar-refractivity contribution is 5.97. The number of hydrogen-bond donors (Lipinski definition) is 0. The second-order valence-corrected chi connectivity index (χ2v) is 3.58. The first-order valence-corrected chi connectivity index (χ1v) is 5.34. The summed E-state index contributed by atoms with van der Waals surface area (Å²) in [6.45, 7) is 0.211. The van der Waals surface area contributed by atoms with Crippen molar-refractivity contribution in [1.29, 1.82) is 0 Å². The molecule has 0 fully saturated rings. The lowest BCUT2D eigenvalue weighted by Crippen LogP contribution is -2.02. The van der Waals surface area contributed by atoms with Gasteiger partial charge >= 0.3 is 5.69 Å². The van der Waals surface area contributed by atoms with E-state index in [9.17, 15) is 10.1 Å². The molecule has 1 aromatic carbocycles. The van der Waals surface area contributed by atoms with E-state index in [1.54, 1.807) is 12.1 Å². The Hall–Kier alpha value is -1.60.